The summed E-state index contributed by atoms with van der Waals surface area (Å²) >= 11 is 0. The van der Waals surface area contributed by atoms with Crippen LogP contribution in [0, 0.1) is 30.4 Å². The van der Waals surface area contributed by atoms with Gasteiger partial charge in [0.25, 0.3) is 0 Å². The number of halogens is 2. The number of nitrogens with zero attached hydrogens (tertiary/aromatic N) is 7. The maximum Gasteiger partial charge on any atom is 0.229 e. The SMILES string of the molecule is Cc1nc2c(F)cc(-c3nc(Nc4ccc5c(n4)CCN(C4CCN(CC6CC6)CC4)C5)ncc3F)cc2n1CC(C)C. The minimum Gasteiger partial charge on any atom is -0.328 e. The summed E-state index contributed by atoms with van der Waals surface area (Å²) in [5.41, 5.74) is 3.62. The highest BCUT2D eigenvalue weighted by molar-refractivity contribution is 5.83. The molecular formula is C33H40F2N8. The largest absolute Gasteiger partial charge is 0.328 e. The van der Waals surface area contributed by atoms with Crippen LogP contribution in [-0.4, -0.2) is 66.5 Å². The zero-order valence-corrected chi connectivity index (χ0v) is 25.3. The van der Waals surface area contributed by atoms with E-state index in [1.54, 1.807) is 6.07 Å². The second kappa shape index (κ2) is 11.5. The summed E-state index contributed by atoms with van der Waals surface area (Å²) in [5, 5.41) is 3.15. The molecule has 0 amide bonds. The van der Waals surface area contributed by atoms with E-state index in [0.29, 0.717) is 35.4 Å². The number of rotatable bonds is 8. The number of imidazole rings is 1. The fourth-order valence-corrected chi connectivity index (χ4v) is 6.73. The maximum absolute atomic E-state index is 15.1. The van der Waals surface area contributed by atoms with E-state index in [4.69, 9.17) is 4.98 Å². The first-order valence-corrected chi connectivity index (χ1v) is 15.7. The number of aryl methyl sites for hydroxylation is 1. The molecule has 1 N–H and O–H groups in total. The van der Waals surface area contributed by atoms with Crippen molar-refractivity contribution in [1.82, 2.24) is 34.3 Å². The van der Waals surface area contributed by atoms with E-state index in [2.05, 4.69) is 50.0 Å². The van der Waals surface area contributed by atoms with E-state index in [9.17, 15) is 0 Å². The molecule has 43 heavy (non-hydrogen) atoms. The quantitative estimate of drug-likeness (QED) is 0.267. The Balaban J connectivity index is 1.06. The first-order valence-electron chi connectivity index (χ1n) is 15.7. The lowest BCUT2D eigenvalue weighted by molar-refractivity contribution is 0.0954. The molecule has 3 aliphatic rings. The first kappa shape index (κ1) is 28.3. The third-order valence-corrected chi connectivity index (χ3v) is 9.17. The Hall–Kier alpha value is -3.50. The average molecular weight is 587 g/mol. The molecule has 7 rings (SSSR count). The molecule has 0 unspecified atom stereocenters. The third-order valence-electron chi connectivity index (χ3n) is 9.17. The highest BCUT2D eigenvalue weighted by Crippen LogP contribution is 2.32. The van der Waals surface area contributed by atoms with E-state index in [0.717, 1.165) is 43.1 Å². The predicted molar refractivity (Wildman–Crippen MR) is 164 cm³/mol. The smallest absolute Gasteiger partial charge is 0.229 e. The van der Waals surface area contributed by atoms with Gasteiger partial charge in [0.1, 0.15) is 22.9 Å². The van der Waals surface area contributed by atoms with Gasteiger partial charge in [0.2, 0.25) is 5.95 Å². The van der Waals surface area contributed by atoms with Gasteiger partial charge in [-0.15, -0.1) is 0 Å². The summed E-state index contributed by atoms with van der Waals surface area (Å²) in [6, 6.07) is 7.76. The van der Waals surface area contributed by atoms with Crippen molar-refractivity contribution in [2.24, 2.45) is 11.8 Å². The zero-order chi connectivity index (χ0) is 29.7. The van der Waals surface area contributed by atoms with E-state index in [-0.39, 0.29) is 17.2 Å². The van der Waals surface area contributed by atoms with Gasteiger partial charge in [-0.25, -0.2) is 28.7 Å². The van der Waals surface area contributed by atoms with E-state index >= 15 is 8.78 Å². The molecule has 1 aliphatic carbocycles. The molecule has 10 heteroatoms. The molecule has 226 valence electrons. The first-order chi connectivity index (χ1) is 20.8. The molecule has 8 nitrogen and oxygen atoms in total. The molecule has 0 bridgehead atoms. The van der Waals surface area contributed by atoms with Crippen LogP contribution in [0.1, 0.15) is 56.6 Å². The van der Waals surface area contributed by atoms with Gasteiger partial charge in [0.05, 0.1) is 11.7 Å². The molecular weight excluding hydrogens is 546 g/mol. The fourth-order valence-electron chi connectivity index (χ4n) is 6.73. The number of pyridine rings is 1. The molecule has 1 aromatic carbocycles. The monoisotopic (exact) mass is 586 g/mol. The second-order valence-corrected chi connectivity index (χ2v) is 13.0. The van der Waals surface area contributed by atoms with Crippen LogP contribution in [-0.2, 0) is 19.5 Å². The second-order valence-electron chi connectivity index (χ2n) is 13.0. The van der Waals surface area contributed by atoms with Gasteiger partial charge in [0.15, 0.2) is 11.6 Å². The highest BCUT2D eigenvalue weighted by atomic mass is 19.1. The van der Waals surface area contributed by atoms with Gasteiger partial charge >= 0.3 is 0 Å². The van der Waals surface area contributed by atoms with Crippen molar-refractivity contribution in [1.29, 1.82) is 0 Å². The van der Waals surface area contributed by atoms with Crippen LogP contribution < -0.4 is 5.32 Å². The van der Waals surface area contributed by atoms with Gasteiger partial charge in [-0.2, -0.15) is 0 Å². The summed E-state index contributed by atoms with van der Waals surface area (Å²) in [7, 11) is 0. The number of benzene rings is 1. The molecule has 1 saturated carbocycles. The van der Waals surface area contributed by atoms with Crippen molar-refractivity contribution < 1.29 is 8.78 Å². The van der Waals surface area contributed by atoms with Crippen molar-refractivity contribution in [2.75, 3.05) is 31.5 Å². The van der Waals surface area contributed by atoms with Crippen molar-refractivity contribution in [2.45, 2.75) is 72.0 Å². The van der Waals surface area contributed by atoms with Crippen LogP contribution in [0.25, 0.3) is 22.3 Å². The number of hydrogen-bond acceptors (Lipinski definition) is 7. The lowest BCUT2D eigenvalue weighted by Crippen LogP contribution is -2.47. The average Bonchev–Trinajstić information content (AvgIpc) is 3.76. The summed E-state index contributed by atoms with van der Waals surface area (Å²) in [6.07, 6.45) is 7.35. The number of aromatic nitrogens is 5. The molecule has 0 atom stereocenters. The Bertz CT molecular complexity index is 1640. The number of piperidine rings is 1. The van der Waals surface area contributed by atoms with E-state index in [1.165, 1.54) is 56.9 Å². The Morgan fingerprint density at radius 3 is 2.56 bits per heavy atom. The summed E-state index contributed by atoms with van der Waals surface area (Å²) in [5.74, 6) is 1.74. The Kier molecular flexibility index (Phi) is 7.59. The predicted octanol–water partition coefficient (Wildman–Crippen LogP) is 6.11. The molecule has 0 spiro atoms. The summed E-state index contributed by atoms with van der Waals surface area (Å²) in [6.45, 7) is 12.4. The molecule has 4 aromatic rings. The fraction of sp³-hybridized carbons (Fsp3) is 0.515. The van der Waals surface area contributed by atoms with Crippen LogP contribution in [0.2, 0.25) is 0 Å². The molecule has 3 aromatic heterocycles. The lowest BCUT2D eigenvalue weighted by atomic mass is 9.98. The van der Waals surface area contributed by atoms with E-state index < -0.39 is 11.6 Å². The normalized spacial score (nSPS) is 18.5. The van der Waals surface area contributed by atoms with Crippen molar-refractivity contribution in [3.8, 4) is 11.3 Å². The highest BCUT2D eigenvalue weighted by Gasteiger charge is 2.30. The van der Waals surface area contributed by atoms with Crippen LogP contribution in [0.15, 0.2) is 30.5 Å². The van der Waals surface area contributed by atoms with Gasteiger partial charge in [-0.1, -0.05) is 19.9 Å². The topological polar surface area (TPSA) is 75.0 Å². The Labute approximate surface area is 251 Å². The molecule has 1 saturated heterocycles. The van der Waals surface area contributed by atoms with Gasteiger partial charge < -0.3 is 14.8 Å². The molecule has 2 fully saturated rings. The van der Waals surface area contributed by atoms with Crippen LogP contribution in [0.4, 0.5) is 20.5 Å². The standard InChI is InChI=1S/C33H40F2N8/c1-20(2)17-43-21(3)37-32-26(34)14-24(15-29(32)43)31-27(35)16-36-33(40-31)39-30-7-6-23-19-42(13-10-28(23)38-30)25-8-11-41(12-9-25)18-22-4-5-22/h6-7,14-16,20,22,25H,4-5,8-13,17-19H2,1-3H3,(H,36,38,39,40). The van der Waals surface area contributed by atoms with Crippen molar-refractivity contribution >= 4 is 22.8 Å². The summed E-state index contributed by atoms with van der Waals surface area (Å²) < 4.78 is 32.1. The number of likely N-dealkylation sites (tertiary alicyclic amines) is 1. The van der Waals surface area contributed by atoms with Crippen LogP contribution >= 0.6 is 0 Å². The minimum absolute atomic E-state index is 0.0324. The minimum atomic E-state index is -0.618. The zero-order valence-electron chi connectivity index (χ0n) is 25.3. The van der Waals surface area contributed by atoms with Crippen LogP contribution in [0.3, 0.4) is 0 Å². The number of hydrogen-bond donors (Lipinski definition) is 1. The molecule has 5 heterocycles. The van der Waals surface area contributed by atoms with Crippen LogP contribution in [0.5, 0.6) is 0 Å². The van der Waals surface area contributed by atoms with Crippen molar-refractivity contribution in [3.63, 3.8) is 0 Å². The molecule has 0 radical (unpaired) electrons. The van der Waals surface area contributed by atoms with Crippen molar-refractivity contribution in [3.05, 3.63) is 59.2 Å². The third kappa shape index (κ3) is 5.99. The maximum atomic E-state index is 15.1. The van der Waals surface area contributed by atoms with E-state index in [1.807, 2.05) is 17.6 Å². The molecule has 2 aliphatic heterocycles. The summed E-state index contributed by atoms with van der Waals surface area (Å²) in [4.78, 5) is 23.2. The lowest BCUT2D eigenvalue weighted by Gasteiger charge is -2.40. The van der Waals surface area contributed by atoms with Gasteiger partial charge in [0, 0.05) is 49.9 Å². The number of anilines is 2. The van der Waals surface area contributed by atoms with Gasteiger partial charge in [-0.05, 0) is 81.3 Å². The Morgan fingerprint density at radius 2 is 1.79 bits per heavy atom. The number of fused-ring (bicyclic) bond motifs is 2. The Morgan fingerprint density at radius 1 is 0.977 bits per heavy atom. The number of nitrogens with one attached hydrogen (secondary N) is 1. The van der Waals surface area contributed by atoms with Gasteiger partial charge in [-0.3, -0.25) is 4.90 Å².